The molecule has 1 aromatic heterocycles. The molecule has 3 nitrogen and oxygen atoms in total. The van der Waals surface area contributed by atoms with Gasteiger partial charge in [0.25, 0.3) is 5.78 Å². The molecule has 0 unspecified atom stereocenters. The van der Waals surface area contributed by atoms with Crippen molar-refractivity contribution in [1.82, 2.24) is 0 Å². The van der Waals surface area contributed by atoms with Crippen LogP contribution >= 0.6 is 0 Å². The molecule has 0 aliphatic heterocycles. The van der Waals surface area contributed by atoms with E-state index in [-0.39, 0.29) is 14.0 Å². The Bertz CT molecular complexity index is 1520. The number of Topliss-reactive ketones (excluding diaryl/α,β-unsaturated/α-hetero) is 1. The Hall–Kier alpha value is -4.42. The highest BCUT2D eigenvalue weighted by Crippen LogP contribution is 2.30. The molecule has 34 heavy (non-hydrogen) atoms. The number of carbonyl (C=O) groups excluding carboxylic acids is 1. The molecule has 1 heterocycles. The van der Waals surface area contributed by atoms with Gasteiger partial charge in [-0.15, -0.1) is 0 Å². The van der Waals surface area contributed by atoms with Crippen LogP contribution in [0.2, 0.25) is 0 Å². The van der Waals surface area contributed by atoms with Gasteiger partial charge in [-0.25, -0.2) is 0 Å². The summed E-state index contributed by atoms with van der Waals surface area (Å²) in [6.45, 7) is 1.65. The number of rotatable bonds is 5. The number of hydrogen-bond donors (Lipinski definition) is 0. The van der Waals surface area contributed by atoms with Gasteiger partial charge in [0.15, 0.2) is 11.2 Å². The fourth-order valence-corrected chi connectivity index (χ4v) is 3.84. The summed E-state index contributed by atoms with van der Waals surface area (Å²) in [5.41, 5.74) is 6.45. The van der Waals surface area contributed by atoms with Gasteiger partial charge in [0.05, 0.1) is 5.56 Å². The quantitative estimate of drug-likeness (QED) is 0.193. The SMILES string of the molecule is Cc1cc(=O)c(C2=C[CH]2)c(C(=O)C#CCc2ccc(-c3ccc(-c4ccccc4)cc3)cc2)o1.[HH].[HH]. The molecule has 0 spiro atoms. The van der Waals surface area contributed by atoms with Gasteiger partial charge in [0, 0.05) is 21.8 Å². The van der Waals surface area contributed by atoms with Gasteiger partial charge in [-0.05, 0) is 46.2 Å². The van der Waals surface area contributed by atoms with Crippen LogP contribution in [0, 0.1) is 25.2 Å². The smallest absolute Gasteiger partial charge is 0.271 e. The number of carbonyl (C=O) groups is 1. The molecule has 1 aliphatic rings. The maximum absolute atomic E-state index is 12.6. The third-order valence-electron chi connectivity index (χ3n) is 5.67. The van der Waals surface area contributed by atoms with Gasteiger partial charge in [-0.1, -0.05) is 90.9 Å². The predicted molar refractivity (Wildman–Crippen MR) is 139 cm³/mol. The summed E-state index contributed by atoms with van der Waals surface area (Å²) in [7, 11) is 0. The van der Waals surface area contributed by atoms with Crippen molar-refractivity contribution in [3.05, 3.63) is 130 Å². The fourth-order valence-electron chi connectivity index (χ4n) is 3.84. The lowest BCUT2D eigenvalue weighted by molar-refractivity contribution is 0.102. The molecule has 0 atom stereocenters. The Morgan fingerprint density at radius 2 is 1.41 bits per heavy atom. The van der Waals surface area contributed by atoms with Gasteiger partial charge >= 0.3 is 0 Å². The van der Waals surface area contributed by atoms with E-state index in [1.807, 2.05) is 30.3 Å². The molecule has 0 N–H and O–H groups in total. The van der Waals surface area contributed by atoms with Crippen molar-refractivity contribution in [2.45, 2.75) is 13.3 Å². The first-order valence-corrected chi connectivity index (χ1v) is 11.1. The van der Waals surface area contributed by atoms with E-state index in [2.05, 4.69) is 60.4 Å². The third kappa shape index (κ3) is 4.67. The van der Waals surface area contributed by atoms with Gasteiger partial charge in [0.2, 0.25) is 0 Å². The second-order valence-electron chi connectivity index (χ2n) is 8.16. The highest BCUT2D eigenvalue weighted by atomic mass is 16.3. The van der Waals surface area contributed by atoms with Gasteiger partial charge in [0.1, 0.15) is 5.76 Å². The predicted octanol–water partition coefficient (Wildman–Crippen LogP) is 6.80. The molecule has 0 bridgehead atoms. The lowest BCUT2D eigenvalue weighted by Gasteiger charge is -2.06. The third-order valence-corrected chi connectivity index (χ3v) is 5.67. The number of ketones is 1. The van der Waals surface area contributed by atoms with Crippen molar-refractivity contribution in [2.75, 3.05) is 0 Å². The zero-order chi connectivity index (χ0) is 23.5. The number of allylic oxidation sites excluding steroid dienone is 2. The Balaban J connectivity index is 0.00000180. The molecule has 0 saturated heterocycles. The van der Waals surface area contributed by atoms with Crippen molar-refractivity contribution in [3.8, 4) is 34.1 Å². The number of aryl methyl sites for hydroxylation is 1. The maximum Gasteiger partial charge on any atom is 0.271 e. The lowest BCUT2D eigenvalue weighted by Crippen LogP contribution is -2.12. The first-order chi connectivity index (χ1) is 16.6. The van der Waals surface area contributed by atoms with Gasteiger partial charge in [-0.3, -0.25) is 9.59 Å². The van der Waals surface area contributed by atoms with Crippen LogP contribution in [0.1, 0.15) is 30.3 Å². The first-order valence-electron chi connectivity index (χ1n) is 11.1. The molecule has 0 amide bonds. The molecule has 1 aliphatic carbocycles. The summed E-state index contributed by atoms with van der Waals surface area (Å²) in [6, 6.07) is 28.3. The second-order valence-corrected chi connectivity index (χ2v) is 8.16. The van der Waals surface area contributed by atoms with E-state index in [0.717, 1.165) is 22.3 Å². The van der Waals surface area contributed by atoms with Crippen LogP contribution in [0.15, 0.2) is 100 Å². The molecule has 3 heteroatoms. The van der Waals surface area contributed by atoms with E-state index in [9.17, 15) is 9.59 Å². The van der Waals surface area contributed by atoms with E-state index < -0.39 is 5.78 Å². The van der Waals surface area contributed by atoms with Crippen LogP contribution in [-0.2, 0) is 6.42 Å². The van der Waals surface area contributed by atoms with Crippen molar-refractivity contribution >= 4 is 11.4 Å². The summed E-state index contributed by atoms with van der Waals surface area (Å²) in [6.07, 6.45) is 3.99. The minimum absolute atomic E-state index is 0. The van der Waals surface area contributed by atoms with E-state index in [1.54, 1.807) is 19.4 Å². The highest BCUT2D eigenvalue weighted by Gasteiger charge is 2.24. The molecule has 167 valence electrons. The van der Waals surface area contributed by atoms with Crippen LogP contribution in [0.5, 0.6) is 0 Å². The van der Waals surface area contributed by atoms with E-state index in [1.165, 1.54) is 17.2 Å². The average Bonchev–Trinajstić information content (AvgIpc) is 3.70. The molecule has 3 aromatic carbocycles. The monoisotopic (exact) mass is 445 g/mol. The van der Waals surface area contributed by atoms with Crippen LogP contribution in [0.4, 0.5) is 0 Å². The topological polar surface area (TPSA) is 47.3 Å². The maximum atomic E-state index is 12.6. The Kier molecular flexibility index (Phi) is 5.81. The van der Waals surface area contributed by atoms with Crippen molar-refractivity contribution in [1.29, 1.82) is 0 Å². The first kappa shape index (κ1) is 21.4. The van der Waals surface area contributed by atoms with Gasteiger partial charge in [-0.2, -0.15) is 0 Å². The van der Waals surface area contributed by atoms with Crippen molar-refractivity contribution in [2.24, 2.45) is 0 Å². The molecule has 0 fully saturated rings. The summed E-state index contributed by atoms with van der Waals surface area (Å²) in [5.74, 6) is 5.49. The number of benzene rings is 3. The standard InChI is InChI=1S/C31H21O3.2H2/c1-21-20-29(33)30(27-18-19-27)31(34-21)28(32)9-5-6-22-10-12-24(13-11-22)26-16-14-25(15-17-26)23-7-3-2-4-8-23;;/h2-4,7-8,10-20H,6H2,1H3;2*1H. The minimum atomic E-state index is -0.480. The molecular formula is C31H25O3. The normalized spacial score (nSPS) is 11.9. The summed E-state index contributed by atoms with van der Waals surface area (Å²) in [5, 5.41) is 0. The molecule has 5 rings (SSSR count). The van der Waals surface area contributed by atoms with Crippen LogP contribution in [-0.4, -0.2) is 5.78 Å². The van der Waals surface area contributed by atoms with Crippen molar-refractivity contribution in [3.63, 3.8) is 0 Å². The summed E-state index contributed by atoms with van der Waals surface area (Å²) < 4.78 is 5.54. The fraction of sp³-hybridized carbons (Fsp3) is 0.0645. The summed E-state index contributed by atoms with van der Waals surface area (Å²) in [4.78, 5) is 24.9. The van der Waals surface area contributed by atoms with Gasteiger partial charge < -0.3 is 4.42 Å². The molecular weight excluding hydrogens is 420 g/mol. The van der Waals surface area contributed by atoms with Crippen molar-refractivity contribution < 1.29 is 12.1 Å². The molecule has 4 aromatic rings. The second kappa shape index (κ2) is 9.21. The van der Waals surface area contributed by atoms with E-state index in [4.69, 9.17) is 4.42 Å². The van der Waals surface area contributed by atoms with Crippen LogP contribution < -0.4 is 5.43 Å². The Morgan fingerprint density at radius 1 is 0.853 bits per heavy atom. The minimum Gasteiger partial charge on any atom is -0.456 e. The van der Waals surface area contributed by atoms with E-state index >= 15 is 0 Å². The van der Waals surface area contributed by atoms with E-state index in [0.29, 0.717) is 17.7 Å². The Morgan fingerprint density at radius 3 is 2.00 bits per heavy atom. The average molecular weight is 446 g/mol. The number of hydrogen-bond acceptors (Lipinski definition) is 3. The Labute approximate surface area is 201 Å². The highest BCUT2D eigenvalue weighted by molar-refractivity contribution is 6.11. The zero-order valence-electron chi connectivity index (χ0n) is 18.7. The zero-order valence-corrected chi connectivity index (χ0v) is 18.7. The lowest BCUT2D eigenvalue weighted by atomic mass is 9.99. The summed E-state index contributed by atoms with van der Waals surface area (Å²) >= 11 is 0. The largest absolute Gasteiger partial charge is 0.456 e. The van der Waals surface area contributed by atoms with Crippen LogP contribution in [0.25, 0.3) is 27.8 Å². The molecule has 1 radical (unpaired) electrons. The molecule has 0 saturated carbocycles. The van der Waals surface area contributed by atoms with Crippen LogP contribution in [0.3, 0.4) is 0 Å².